The zero-order valence-corrected chi connectivity index (χ0v) is 9.92. The fourth-order valence-corrected chi connectivity index (χ4v) is 2.34. The third-order valence-corrected chi connectivity index (χ3v) is 3.58. The van der Waals surface area contributed by atoms with E-state index < -0.39 is 11.7 Å². The Morgan fingerprint density at radius 1 is 1.33 bits per heavy atom. The number of thioether (sulfide) groups is 1. The highest BCUT2D eigenvalue weighted by Crippen LogP contribution is 2.35. The quantitative estimate of drug-likeness (QED) is 0.862. The maximum absolute atomic E-state index is 12.3. The summed E-state index contributed by atoms with van der Waals surface area (Å²) in [6.45, 7) is -0.00186. The number of rotatable bonds is 3. The molecule has 0 amide bonds. The number of hydrogen-bond donors (Lipinski definition) is 1. The number of halogens is 4. The summed E-state index contributed by atoms with van der Waals surface area (Å²) in [5, 5.41) is 8.59. The minimum Gasteiger partial charge on any atom is -0.396 e. The van der Waals surface area contributed by atoms with Gasteiger partial charge >= 0.3 is 6.18 Å². The fraction of sp³-hybridized carbons (Fsp3) is 0.333. The Labute approximate surface area is 97.8 Å². The molecule has 0 radical (unpaired) electrons. The van der Waals surface area contributed by atoms with Gasteiger partial charge in [-0.25, -0.2) is 0 Å². The number of aliphatic hydroxyl groups is 1. The summed E-state index contributed by atoms with van der Waals surface area (Å²) in [5.41, 5.74) is -0.678. The van der Waals surface area contributed by atoms with Crippen LogP contribution in [0.3, 0.4) is 0 Å². The molecular weight excluding hydrogens is 293 g/mol. The second-order valence-electron chi connectivity index (χ2n) is 2.72. The molecule has 1 N–H and O–H groups in total. The maximum Gasteiger partial charge on any atom is 0.416 e. The summed E-state index contributed by atoms with van der Waals surface area (Å²) >= 11 is 4.37. The van der Waals surface area contributed by atoms with Gasteiger partial charge in [-0.2, -0.15) is 13.2 Å². The molecule has 15 heavy (non-hydrogen) atoms. The maximum atomic E-state index is 12.3. The second-order valence-corrected chi connectivity index (χ2v) is 4.71. The van der Waals surface area contributed by atoms with Gasteiger partial charge in [-0.05, 0) is 34.1 Å². The Balaban J connectivity index is 2.88. The van der Waals surface area contributed by atoms with Crippen molar-refractivity contribution >= 4 is 27.7 Å². The molecule has 1 aromatic carbocycles. The molecule has 0 bridgehead atoms. The molecule has 1 aromatic rings. The molecule has 0 aliphatic heterocycles. The smallest absolute Gasteiger partial charge is 0.396 e. The van der Waals surface area contributed by atoms with Crippen molar-refractivity contribution in [3.8, 4) is 0 Å². The van der Waals surface area contributed by atoms with Gasteiger partial charge in [-0.15, -0.1) is 11.8 Å². The average Bonchev–Trinajstić information content (AvgIpc) is 2.14. The lowest BCUT2D eigenvalue weighted by Crippen LogP contribution is -2.04. The van der Waals surface area contributed by atoms with E-state index in [9.17, 15) is 13.2 Å². The van der Waals surface area contributed by atoms with E-state index in [4.69, 9.17) is 5.11 Å². The van der Waals surface area contributed by atoms with E-state index in [-0.39, 0.29) is 6.61 Å². The molecule has 1 rings (SSSR count). The Bertz CT molecular complexity index is 341. The molecule has 0 fully saturated rings. The number of alkyl halides is 3. The summed E-state index contributed by atoms with van der Waals surface area (Å²) in [6.07, 6.45) is -4.32. The third kappa shape index (κ3) is 3.70. The normalized spacial score (nSPS) is 11.8. The van der Waals surface area contributed by atoms with Gasteiger partial charge in [0.05, 0.1) is 12.2 Å². The van der Waals surface area contributed by atoms with E-state index in [0.29, 0.717) is 15.1 Å². The summed E-state index contributed by atoms with van der Waals surface area (Å²) in [5.74, 6) is 0.462. The summed E-state index contributed by atoms with van der Waals surface area (Å²) in [6, 6.07) is 3.47. The van der Waals surface area contributed by atoms with Crippen LogP contribution in [0, 0.1) is 0 Å². The first-order valence-electron chi connectivity index (χ1n) is 4.05. The van der Waals surface area contributed by atoms with Crippen molar-refractivity contribution in [1.29, 1.82) is 0 Å². The van der Waals surface area contributed by atoms with Crippen molar-refractivity contribution in [2.75, 3.05) is 12.4 Å². The molecule has 0 unspecified atom stereocenters. The highest BCUT2D eigenvalue weighted by molar-refractivity contribution is 9.10. The second kappa shape index (κ2) is 5.23. The van der Waals surface area contributed by atoms with Crippen LogP contribution in [-0.2, 0) is 6.18 Å². The van der Waals surface area contributed by atoms with Gasteiger partial charge in [0.15, 0.2) is 0 Å². The molecule has 0 saturated carbocycles. The number of hydrogen-bond acceptors (Lipinski definition) is 2. The lowest BCUT2D eigenvalue weighted by Gasteiger charge is -2.09. The largest absolute Gasteiger partial charge is 0.416 e. The molecule has 0 atom stereocenters. The van der Waals surface area contributed by atoms with Crippen LogP contribution in [-0.4, -0.2) is 17.5 Å². The van der Waals surface area contributed by atoms with Gasteiger partial charge in [0.1, 0.15) is 0 Å². The first-order valence-corrected chi connectivity index (χ1v) is 5.83. The van der Waals surface area contributed by atoms with E-state index in [2.05, 4.69) is 15.9 Å². The first kappa shape index (κ1) is 12.9. The predicted molar refractivity (Wildman–Crippen MR) is 57.0 cm³/mol. The topological polar surface area (TPSA) is 20.2 Å². The lowest BCUT2D eigenvalue weighted by atomic mass is 10.2. The van der Waals surface area contributed by atoms with Gasteiger partial charge in [0.2, 0.25) is 0 Å². The van der Waals surface area contributed by atoms with Crippen molar-refractivity contribution in [3.63, 3.8) is 0 Å². The molecule has 0 aliphatic carbocycles. The van der Waals surface area contributed by atoms with Crippen molar-refractivity contribution in [1.82, 2.24) is 0 Å². The zero-order valence-electron chi connectivity index (χ0n) is 7.51. The van der Waals surface area contributed by atoms with Gasteiger partial charge in [0, 0.05) is 15.1 Å². The van der Waals surface area contributed by atoms with Crippen molar-refractivity contribution in [2.45, 2.75) is 11.1 Å². The molecule has 0 aromatic heterocycles. The van der Waals surface area contributed by atoms with Crippen LogP contribution < -0.4 is 0 Å². The van der Waals surface area contributed by atoms with E-state index >= 15 is 0 Å². The minimum atomic E-state index is -4.32. The Hall–Kier alpha value is -0.200. The fourth-order valence-electron chi connectivity index (χ4n) is 0.950. The highest BCUT2D eigenvalue weighted by Gasteiger charge is 2.30. The van der Waals surface area contributed by atoms with Crippen molar-refractivity contribution < 1.29 is 18.3 Å². The van der Waals surface area contributed by atoms with Gasteiger partial charge in [-0.1, -0.05) is 0 Å². The minimum absolute atomic E-state index is 0.00186. The van der Waals surface area contributed by atoms with Crippen LogP contribution in [0.15, 0.2) is 27.6 Å². The van der Waals surface area contributed by atoms with Gasteiger partial charge in [0.25, 0.3) is 0 Å². The summed E-state index contributed by atoms with van der Waals surface area (Å²) in [7, 11) is 0. The third-order valence-electron chi connectivity index (χ3n) is 1.61. The van der Waals surface area contributed by atoms with Gasteiger partial charge < -0.3 is 5.11 Å². The van der Waals surface area contributed by atoms with Crippen LogP contribution in [0.2, 0.25) is 0 Å². The summed E-state index contributed by atoms with van der Waals surface area (Å²) < 4.78 is 37.3. The lowest BCUT2D eigenvalue weighted by molar-refractivity contribution is -0.137. The Kier molecular flexibility index (Phi) is 4.48. The Morgan fingerprint density at radius 3 is 2.47 bits per heavy atom. The monoisotopic (exact) mass is 300 g/mol. The molecule has 0 heterocycles. The van der Waals surface area contributed by atoms with Crippen LogP contribution in [0.1, 0.15) is 5.56 Å². The summed E-state index contributed by atoms with van der Waals surface area (Å²) in [4.78, 5) is 0.692. The van der Waals surface area contributed by atoms with Gasteiger partial charge in [-0.3, -0.25) is 0 Å². The molecule has 84 valence electrons. The van der Waals surface area contributed by atoms with Crippen LogP contribution >= 0.6 is 27.7 Å². The average molecular weight is 301 g/mol. The predicted octanol–water partition coefficient (Wildman–Crippen LogP) is 3.55. The van der Waals surface area contributed by atoms with E-state index in [1.54, 1.807) is 0 Å². The van der Waals surface area contributed by atoms with Crippen LogP contribution in [0.25, 0.3) is 0 Å². The standard InChI is InChI=1S/C9H8BrF3OS/c10-7-5-6(9(11,12)13)1-2-8(7)15-4-3-14/h1-2,5,14H,3-4H2. The van der Waals surface area contributed by atoms with Crippen molar-refractivity contribution in [3.05, 3.63) is 28.2 Å². The molecule has 0 aliphatic rings. The zero-order chi connectivity index (χ0) is 11.5. The van der Waals surface area contributed by atoms with E-state index in [0.717, 1.165) is 12.1 Å². The highest BCUT2D eigenvalue weighted by atomic mass is 79.9. The van der Waals surface area contributed by atoms with E-state index in [1.165, 1.54) is 17.8 Å². The van der Waals surface area contributed by atoms with Crippen LogP contribution in [0.5, 0.6) is 0 Å². The SMILES string of the molecule is OCCSc1ccc(C(F)(F)F)cc1Br. The van der Waals surface area contributed by atoms with Crippen LogP contribution in [0.4, 0.5) is 13.2 Å². The van der Waals surface area contributed by atoms with Crippen molar-refractivity contribution in [2.24, 2.45) is 0 Å². The molecule has 1 nitrogen and oxygen atoms in total. The molecule has 0 spiro atoms. The van der Waals surface area contributed by atoms with E-state index in [1.807, 2.05) is 0 Å². The number of aliphatic hydroxyl groups excluding tert-OH is 1. The Morgan fingerprint density at radius 2 is 2.00 bits per heavy atom. The molecule has 6 heteroatoms. The molecular formula is C9H8BrF3OS. The number of benzene rings is 1. The molecule has 0 saturated heterocycles. The first-order chi connectivity index (χ1) is 6.95.